The minimum absolute atomic E-state index is 0.0377. The van der Waals surface area contributed by atoms with Crippen molar-refractivity contribution in [3.63, 3.8) is 0 Å². The first-order chi connectivity index (χ1) is 31.7. The Morgan fingerprint density at radius 2 is 1.30 bits per heavy atom. The molecule has 0 bridgehead atoms. The van der Waals surface area contributed by atoms with Crippen molar-refractivity contribution >= 4 is 47.4 Å². The van der Waals surface area contributed by atoms with Crippen molar-refractivity contribution in [2.24, 2.45) is 50.5 Å². The Labute approximate surface area is 388 Å². The Balaban J connectivity index is 1.15. The molecule has 0 spiro atoms. The summed E-state index contributed by atoms with van der Waals surface area (Å²) in [4.78, 5) is 88.7. The number of hydrogen-bond acceptors (Lipinski definition) is 10. The van der Waals surface area contributed by atoms with E-state index >= 15 is 0 Å². The van der Waals surface area contributed by atoms with Gasteiger partial charge in [0.05, 0.1) is 12.6 Å². The number of nitrogens with one attached hydrogen (secondary N) is 4. The Bertz CT molecular complexity index is 1800. The van der Waals surface area contributed by atoms with Crippen LogP contribution in [0.15, 0.2) is 34.3 Å². The molecule has 1 aromatic rings. The van der Waals surface area contributed by atoms with Gasteiger partial charge < -0.3 is 65.0 Å². The maximum absolute atomic E-state index is 14.5. The van der Waals surface area contributed by atoms with Gasteiger partial charge in [-0.2, -0.15) is 0 Å². The van der Waals surface area contributed by atoms with Gasteiger partial charge in [-0.15, -0.1) is 0 Å². The number of aliphatic carboxylic acids is 1. The topological polar surface area (TPSA) is 349 Å². The molecule has 16 N–H and O–H groups in total. The second kappa shape index (κ2) is 27.9. The molecule has 20 nitrogen and oxygen atoms in total. The molecule has 5 amide bonds. The summed E-state index contributed by atoms with van der Waals surface area (Å²) in [5, 5.41) is 31.6. The molecule has 1 aromatic carbocycles. The van der Waals surface area contributed by atoms with E-state index in [2.05, 4.69) is 31.3 Å². The molecule has 4 rings (SSSR count). The number of guanidine groups is 2. The van der Waals surface area contributed by atoms with Crippen LogP contribution in [0.5, 0.6) is 0 Å². The van der Waals surface area contributed by atoms with Crippen LogP contribution in [0.25, 0.3) is 0 Å². The molecule has 1 aliphatic heterocycles. The fourth-order valence-corrected chi connectivity index (χ4v) is 9.59. The zero-order chi connectivity index (χ0) is 48.0. The van der Waals surface area contributed by atoms with Crippen LogP contribution in [0, 0.1) is 11.8 Å². The number of hydrogen-bond donors (Lipinski definition) is 11. The van der Waals surface area contributed by atoms with Crippen LogP contribution >= 0.6 is 0 Å². The maximum Gasteiger partial charge on any atom is 0.326 e. The summed E-state index contributed by atoms with van der Waals surface area (Å²) in [6, 6.07) is 2.78. The lowest BCUT2D eigenvalue weighted by Gasteiger charge is -2.37. The molecular weight excluding hydrogens is 849 g/mol. The summed E-state index contributed by atoms with van der Waals surface area (Å²) in [5.41, 5.74) is 29.7. The van der Waals surface area contributed by atoms with Gasteiger partial charge in [0.2, 0.25) is 29.5 Å². The lowest BCUT2D eigenvalue weighted by molar-refractivity contribution is -0.152. The summed E-state index contributed by atoms with van der Waals surface area (Å²) in [6.07, 6.45) is 13.7. The highest BCUT2D eigenvalue weighted by atomic mass is 16.4. The first-order valence-electron chi connectivity index (χ1n) is 24.0. The van der Waals surface area contributed by atoms with Crippen molar-refractivity contribution in [1.29, 1.82) is 0 Å². The van der Waals surface area contributed by atoms with E-state index in [-0.39, 0.29) is 48.0 Å². The van der Waals surface area contributed by atoms with E-state index in [4.69, 9.17) is 28.7 Å². The molecule has 1 unspecified atom stereocenters. The number of likely N-dealkylation sites (tertiary alicyclic amines) is 1. The zero-order valence-electron chi connectivity index (χ0n) is 38.5. The summed E-state index contributed by atoms with van der Waals surface area (Å²) >= 11 is 0. The molecule has 7 atom stereocenters. The number of carbonyl (C=O) groups is 6. The van der Waals surface area contributed by atoms with Crippen LogP contribution in [0.2, 0.25) is 0 Å². The number of aliphatic imine (C=N–C) groups is 2. The average Bonchev–Trinajstić information content (AvgIpc) is 3.91. The van der Waals surface area contributed by atoms with Crippen molar-refractivity contribution in [3.05, 3.63) is 35.4 Å². The number of carboxylic acids is 1. The fraction of sp³-hybridized carbons (Fsp3) is 0.696. The van der Waals surface area contributed by atoms with Crippen molar-refractivity contribution < 1.29 is 39.0 Å². The third-order valence-corrected chi connectivity index (χ3v) is 13.1. The number of nitrogens with zero attached hydrogens (tertiary/aromatic N) is 3. The fourth-order valence-electron chi connectivity index (χ4n) is 9.59. The number of aliphatic hydroxyl groups excluding tert-OH is 1. The largest absolute Gasteiger partial charge is 0.480 e. The lowest BCUT2D eigenvalue weighted by Crippen LogP contribution is -2.60. The summed E-state index contributed by atoms with van der Waals surface area (Å²) in [6.45, 7) is 0.437. The Morgan fingerprint density at radius 1 is 0.712 bits per heavy atom. The first kappa shape index (κ1) is 53.1. The second-order valence-corrected chi connectivity index (χ2v) is 18.1. The molecule has 2 fully saturated rings. The third kappa shape index (κ3) is 17.1. The van der Waals surface area contributed by atoms with Crippen LogP contribution < -0.4 is 49.9 Å². The number of benzene rings is 1. The van der Waals surface area contributed by atoms with E-state index in [0.29, 0.717) is 71.0 Å². The van der Waals surface area contributed by atoms with Crippen LogP contribution in [0.4, 0.5) is 0 Å². The minimum atomic E-state index is -1.27. The number of amides is 5. The van der Waals surface area contributed by atoms with E-state index in [1.54, 1.807) is 0 Å². The predicted octanol–water partition coefficient (Wildman–Crippen LogP) is 0.154. The number of rotatable bonds is 29. The number of carboxylic acid groups (broad SMARTS) is 1. The molecule has 0 radical (unpaired) electrons. The molecule has 0 aromatic heterocycles. The summed E-state index contributed by atoms with van der Waals surface area (Å²) in [7, 11) is 0. The van der Waals surface area contributed by atoms with Gasteiger partial charge in [0.25, 0.3) is 0 Å². The SMILES string of the molecule is NC(N)=NCCC[C@@H](N)C(=O)N[C@@H](CCCN=C(N)N)C(=O)NCCCCCCCCCCC(=O)N[C@@H](CO)C(=O)N[C@@H](C(=O)N1C(C(=O)O)C[C@@H]2CCCC[C@@H]21)C1Cc2ccccc2C1. The van der Waals surface area contributed by atoms with Crippen molar-refractivity contribution in [1.82, 2.24) is 26.2 Å². The molecule has 3 aliphatic rings. The van der Waals surface area contributed by atoms with Gasteiger partial charge in [0, 0.05) is 32.1 Å². The Hall–Kier alpha value is -5.50. The van der Waals surface area contributed by atoms with Gasteiger partial charge in [-0.05, 0) is 93.6 Å². The van der Waals surface area contributed by atoms with Crippen LogP contribution in [0.1, 0.15) is 127 Å². The maximum atomic E-state index is 14.5. The molecule has 368 valence electrons. The molecule has 1 saturated carbocycles. The highest BCUT2D eigenvalue weighted by Crippen LogP contribution is 2.41. The van der Waals surface area contributed by atoms with Gasteiger partial charge in [-0.3, -0.25) is 34.0 Å². The van der Waals surface area contributed by atoms with Crippen LogP contribution in [-0.4, -0.2) is 125 Å². The molecule has 66 heavy (non-hydrogen) atoms. The second-order valence-electron chi connectivity index (χ2n) is 18.1. The highest BCUT2D eigenvalue weighted by molar-refractivity contribution is 5.94. The average molecular weight is 925 g/mol. The first-order valence-corrected chi connectivity index (χ1v) is 24.0. The number of carbonyl (C=O) groups excluding carboxylic acids is 5. The van der Waals surface area contributed by atoms with Crippen molar-refractivity contribution in [2.75, 3.05) is 26.2 Å². The number of unbranched alkanes of at least 4 members (excludes halogenated alkanes) is 7. The van der Waals surface area contributed by atoms with E-state index in [9.17, 15) is 39.0 Å². The molecule has 1 saturated heterocycles. The van der Waals surface area contributed by atoms with Gasteiger partial charge >= 0.3 is 5.97 Å². The quantitative estimate of drug-likeness (QED) is 0.0290. The Morgan fingerprint density at radius 3 is 1.91 bits per heavy atom. The monoisotopic (exact) mass is 925 g/mol. The normalized spacial score (nSPS) is 19.5. The Kier molecular flexibility index (Phi) is 22.4. The highest BCUT2D eigenvalue weighted by Gasteiger charge is 2.50. The third-order valence-electron chi connectivity index (χ3n) is 13.1. The minimum Gasteiger partial charge on any atom is -0.480 e. The number of fused-ring (bicyclic) bond motifs is 2. The number of aliphatic hydroxyl groups is 1. The van der Waals surface area contributed by atoms with Crippen LogP contribution in [-0.2, 0) is 41.6 Å². The van der Waals surface area contributed by atoms with E-state index < -0.39 is 60.5 Å². The zero-order valence-corrected chi connectivity index (χ0v) is 38.5. The number of nitrogens with two attached hydrogens (primary N) is 5. The van der Waals surface area contributed by atoms with Gasteiger partial charge in [-0.1, -0.05) is 75.6 Å². The van der Waals surface area contributed by atoms with E-state index in [1.807, 2.05) is 24.3 Å². The van der Waals surface area contributed by atoms with Gasteiger partial charge in [0.15, 0.2) is 11.9 Å². The lowest BCUT2D eigenvalue weighted by atomic mass is 9.84. The predicted molar refractivity (Wildman–Crippen MR) is 251 cm³/mol. The molecular formula is C46H76N12O8. The van der Waals surface area contributed by atoms with E-state index in [0.717, 1.165) is 81.8 Å². The van der Waals surface area contributed by atoms with Crippen molar-refractivity contribution in [2.45, 2.75) is 165 Å². The molecule has 1 heterocycles. The van der Waals surface area contributed by atoms with E-state index in [1.165, 1.54) is 4.90 Å². The van der Waals surface area contributed by atoms with Crippen LogP contribution in [0.3, 0.4) is 0 Å². The molecule has 20 heteroatoms. The summed E-state index contributed by atoms with van der Waals surface area (Å²) < 4.78 is 0. The summed E-state index contributed by atoms with van der Waals surface area (Å²) in [5.74, 6) is -3.56. The standard InChI is InChI=1S/C46H76N12O8/c47-33(18-13-23-53-45(48)49)40(61)56-34(19-14-24-54-46(50)51)41(62)52-22-12-6-4-2-1-3-5-7-21-38(60)55-35(28-59)42(63)57-39(32-25-29-15-8-9-16-30(29)26-32)43(64)58-36-20-11-10-17-31(36)27-37(58)44(65)66/h8-9,15-16,31-37,39,59H,1-7,10-14,17-28,47H2,(H,52,62)(H,55,60)(H,56,61)(H,57,63)(H,65,66)(H4,48,49,53)(H4,50,51,54)/t31-,33+,34-,35-,36-,37?,39+/m0/s1. The molecule has 2 aliphatic carbocycles. The van der Waals surface area contributed by atoms with Gasteiger partial charge in [-0.25, -0.2) is 4.79 Å². The smallest absolute Gasteiger partial charge is 0.326 e. The van der Waals surface area contributed by atoms with Crippen molar-refractivity contribution in [3.8, 4) is 0 Å². The van der Waals surface area contributed by atoms with Gasteiger partial charge in [0.1, 0.15) is 24.2 Å².